The van der Waals surface area contributed by atoms with Crippen LogP contribution in [-0.2, 0) is 0 Å². The van der Waals surface area contributed by atoms with Crippen LogP contribution in [0.4, 0.5) is 8.78 Å². The number of amides is 1. The van der Waals surface area contributed by atoms with Gasteiger partial charge in [0.25, 0.3) is 5.91 Å². The van der Waals surface area contributed by atoms with Gasteiger partial charge in [0.2, 0.25) is 0 Å². The van der Waals surface area contributed by atoms with Crippen LogP contribution in [0.3, 0.4) is 0 Å². The summed E-state index contributed by atoms with van der Waals surface area (Å²) in [6.07, 6.45) is 0.841. The summed E-state index contributed by atoms with van der Waals surface area (Å²) in [6.45, 7) is 3.03. The molecule has 3 aromatic rings. The number of pyridine rings is 1. The number of carbonyl (C=O) groups excluding carboxylic acids is 1. The standard InChI is InChI=1S/C21H18F2N2O/c1-13-10-19(18-7-6-17(23)11-20(18)24-13)21(26)25-9-8-15(12-25)14-2-4-16(22)5-3-14/h2-7,10-11,15H,8-9,12H2,1H3/t15-/m0/s1. The van der Waals surface area contributed by atoms with Gasteiger partial charge in [-0.25, -0.2) is 8.78 Å². The topological polar surface area (TPSA) is 33.2 Å². The second-order valence-corrected chi connectivity index (χ2v) is 6.76. The van der Waals surface area contributed by atoms with Crippen LogP contribution < -0.4 is 0 Å². The number of nitrogens with zero attached hydrogens (tertiary/aromatic N) is 2. The fraction of sp³-hybridized carbons (Fsp3) is 0.238. The minimum absolute atomic E-state index is 0.0725. The highest BCUT2D eigenvalue weighted by Gasteiger charge is 2.29. The molecule has 2 aromatic carbocycles. The maximum atomic E-state index is 13.5. The Hall–Kier alpha value is -2.82. The Morgan fingerprint density at radius 3 is 2.58 bits per heavy atom. The Labute approximate surface area is 150 Å². The average Bonchev–Trinajstić information content (AvgIpc) is 3.10. The SMILES string of the molecule is Cc1cc(C(=O)N2CC[C@H](c3ccc(F)cc3)C2)c2ccc(F)cc2n1. The third-order valence-corrected chi connectivity index (χ3v) is 4.95. The lowest BCUT2D eigenvalue weighted by Gasteiger charge is -2.18. The summed E-state index contributed by atoms with van der Waals surface area (Å²) in [5, 5.41) is 0.659. The minimum atomic E-state index is -0.369. The predicted molar refractivity (Wildman–Crippen MR) is 96.1 cm³/mol. The lowest BCUT2D eigenvalue weighted by molar-refractivity contribution is 0.0792. The van der Waals surface area contributed by atoms with Gasteiger partial charge in [-0.1, -0.05) is 12.1 Å². The molecule has 0 unspecified atom stereocenters. The number of benzene rings is 2. The van der Waals surface area contributed by atoms with Crippen molar-refractivity contribution in [3.8, 4) is 0 Å². The highest BCUT2D eigenvalue weighted by atomic mass is 19.1. The average molecular weight is 352 g/mol. The van der Waals surface area contributed by atoms with E-state index in [-0.39, 0.29) is 23.5 Å². The van der Waals surface area contributed by atoms with E-state index in [1.807, 2.05) is 4.90 Å². The van der Waals surface area contributed by atoms with Gasteiger partial charge in [0.15, 0.2) is 0 Å². The summed E-state index contributed by atoms with van der Waals surface area (Å²) in [5.74, 6) is -0.500. The molecule has 1 fully saturated rings. The number of likely N-dealkylation sites (tertiary alicyclic amines) is 1. The second-order valence-electron chi connectivity index (χ2n) is 6.76. The molecular formula is C21H18F2N2O. The number of hydrogen-bond acceptors (Lipinski definition) is 2. The number of carbonyl (C=O) groups is 1. The van der Waals surface area contributed by atoms with Crippen molar-refractivity contribution in [2.75, 3.05) is 13.1 Å². The van der Waals surface area contributed by atoms with Crippen molar-refractivity contribution in [1.82, 2.24) is 9.88 Å². The van der Waals surface area contributed by atoms with E-state index in [1.165, 1.54) is 24.3 Å². The normalized spacial score (nSPS) is 17.0. The molecule has 0 aliphatic carbocycles. The molecule has 1 saturated heterocycles. The first-order valence-electron chi connectivity index (χ1n) is 8.63. The van der Waals surface area contributed by atoms with Gasteiger partial charge >= 0.3 is 0 Å². The maximum Gasteiger partial charge on any atom is 0.254 e. The Kier molecular flexibility index (Phi) is 4.15. The molecule has 3 nitrogen and oxygen atoms in total. The van der Waals surface area contributed by atoms with Gasteiger partial charge in [-0.2, -0.15) is 0 Å². The zero-order valence-corrected chi connectivity index (χ0v) is 14.4. The lowest BCUT2D eigenvalue weighted by atomic mass is 9.98. The molecule has 0 spiro atoms. The first-order valence-corrected chi connectivity index (χ1v) is 8.63. The van der Waals surface area contributed by atoms with Crippen LogP contribution in [0.5, 0.6) is 0 Å². The summed E-state index contributed by atoms with van der Waals surface area (Å²) in [6, 6.07) is 12.5. The molecule has 1 atom stereocenters. The molecule has 2 heterocycles. The predicted octanol–water partition coefficient (Wildman–Crippen LogP) is 4.45. The quantitative estimate of drug-likeness (QED) is 0.683. The monoisotopic (exact) mass is 352 g/mol. The number of rotatable bonds is 2. The van der Waals surface area contributed by atoms with Crippen molar-refractivity contribution in [2.24, 2.45) is 0 Å². The number of aryl methyl sites for hydroxylation is 1. The molecule has 0 radical (unpaired) electrons. The molecule has 1 aromatic heterocycles. The first-order chi connectivity index (χ1) is 12.5. The summed E-state index contributed by atoms with van der Waals surface area (Å²) in [5.41, 5.74) is 2.76. The second kappa shape index (κ2) is 6.48. The number of aromatic nitrogens is 1. The smallest absolute Gasteiger partial charge is 0.254 e. The van der Waals surface area contributed by atoms with Gasteiger partial charge < -0.3 is 4.90 Å². The molecule has 0 N–H and O–H groups in total. The molecule has 5 heteroatoms. The van der Waals surface area contributed by atoms with E-state index in [2.05, 4.69) is 4.98 Å². The number of hydrogen-bond donors (Lipinski definition) is 0. The molecule has 4 rings (SSSR count). The van der Waals surface area contributed by atoms with E-state index in [4.69, 9.17) is 0 Å². The van der Waals surface area contributed by atoms with Crippen molar-refractivity contribution in [1.29, 1.82) is 0 Å². The first kappa shape index (κ1) is 16.6. The van der Waals surface area contributed by atoms with Crippen molar-refractivity contribution in [3.63, 3.8) is 0 Å². The fourth-order valence-corrected chi connectivity index (χ4v) is 3.63. The Morgan fingerprint density at radius 1 is 1.08 bits per heavy atom. The van der Waals surface area contributed by atoms with E-state index < -0.39 is 0 Å². The number of fused-ring (bicyclic) bond motifs is 1. The summed E-state index contributed by atoms with van der Waals surface area (Å²) in [7, 11) is 0. The third kappa shape index (κ3) is 3.05. The van der Waals surface area contributed by atoms with Crippen LogP contribution in [0.15, 0.2) is 48.5 Å². The Morgan fingerprint density at radius 2 is 1.81 bits per heavy atom. The lowest BCUT2D eigenvalue weighted by Crippen LogP contribution is -2.28. The van der Waals surface area contributed by atoms with E-state index in [0.717, 1.165) is 12.0 Å². The van der Waals surface area contributed by atoms with Gasteiger partial charge in [-0.15, -0.1) is 0 Å². The zero-order chi connectivity index (χ0) is 18.3. The van der Waals surface area contributed by atoms with Gasteiger partial charge in [0.05, 0.1) is 11.1 Å². The fourth-order valence-electron chi connectivity index (χ4n) is 3.63. The largest absolute Gasteiger partial charge is 0.338 e. The van der Waals surface area contributed by atoms with Crippen LogP contribution >= 0.6 is 0 Å². The molecule has 132 valence electrons. The third-order valence-electron chi connectivity index (χ3n) is 4.95. The summed E-state index contributed by atoms with van der Waals surface area (Å²) >= 11 is 0. The van der Waals surface area contributed by atoms with Crippen LogP contribution in [0.25, 0.3) is 10.9 Å². The van der Waals surface area contributed by atoms with Crippen LogP contribution in [0, 0.1) is 18.6 Å². The molecular weight excluding hydrogens is 334 g/mol. The molecule has 1 amide bonds. The Bertz CT molecular complexity index is 980. The molecule has 0 saturated carbocycles. The van der Waals surface area contributed by atoms with E-state index in [9.17, 15) is 13.6 Å². The maximum absolute atomic E-state index is 13.5. The number of halogens is 2. The molecule has 26 heavy (non-hydrogen) atoms. The Balaban J connectivity index is 1.62. The van der Waals surface area contributed by atoms with Crippen LogP contribution in [0.1, 0.15) is 34.0 Å². The van der Waals surface area contributed by atoms with Gasteiger partial charge in [-0.05, 0) is 49.2 Å². The summed E-state index contributed by atoms with van der Waals surface area (Å²) in [4.78, 5) is 19.2. The molecule has 0 bridgehead atoms. The van der Waals surface area contributed by atoms with Crippen molar-refractivity contribution in [2.45, 2.75) is 19.3 Å². The van der Waals surface area contributed by atoms with Crippen molar-refractivity contribution < 1.29 is 13.6 Å². The zero-order valence-electron chi connectivity index (χ0n) is 14.4. The van der Waals surface area contributed by atoms with E-state index in [1.54, 1.807) is 31.2 Å². The van der Waals surface area contributed by atoms with Crippen molar-refractivity contribution in [3.05, 3.63) is 77.0 Å². The van der Waals surface area contributed by atoms with E-state index in [0.29, 0.717) is 35.2 Å². The minimum Gasteiger partial charge on any atom is -0.338 e. The van der Waals surface area contributed by atoms with Crippen LogP contribution in [0.2, 0.25) is 0 Å². The highest BCUT2D eigenvalue weighted by molar-refractivity contribution is 6.06. The van der Waals surface area contributed by atoms with Crippen molar-refractivity contribution >= 4 is 16.8 Å². The molecule has 1 aliphatic heterocycles. The summed E-state index contributed by atoms with van der Waals surface area (Å²) < 4.78 is 26.6. The van der Waals surface area contributed by atoms with Gasteiger partial charge in [-0.3, -0.25) is 9.78 Å². The van der Waals surface area contributed by atoms with Crippen LogP contribution in [-0.4, -0.2) is 28.9 Å². The molecule has 1 aliphatic rings. The highest BCUT2D eigenvalue weighted by Crippen LogP contribution is 2.30. The van der Waals surface area contributed by atoms with E-state index >= 15 is 0 Å². The van der Waals surface area contributed by atoms with Gasteiger partial charge in [0.1, 0.15) is 11.6 Å². The van der Waals surface area contributed by atoms with Gasteiger partial charge in [0, 0.05) is 36.2 Å².